The van der Waals surface area contributed by atoms with Crippen LogP contribution in [0.3, 0.4) is 0 Å². The molecular formula is C41H47N5O4. The van der Waals surface area contributed by atoms with Crippen LogP contribution in [-0.4, -0.2) is 50.7 Å². The minimum Gasteiger partial charge on any atom is -0.395 e. The Morgan fingerprint density at radius 3 is 2.36 bits per heavy atom. The Hall–Kier alpha value is -5.12. The largest absolute Gasteiger partial charge is 0.395 e. The van der Waals surface area contributed by atoms with Gasteiger partial charge in [-0.05, 0) is 75.9 Å². The molecule has 0 saturated heterocycles. The second-order valence-corrected chi connectivity index (χ2v) is 13.1. The van der Waals surface area contributed by atoms with Crippen molar-refractivity contribution in [2.24, 2.45) is 5.92 Å². The number of fused-ring (bicyclic) bond motifs is 1. The molecule has 2 N–H and O–H groups in total. The summed E-state index contributed by atoms with van der Waals surface area (Å²) < 4.78 is 1.73. The minimum absolute atomic E-state index is 0.0752. The van der Waals surface area contributed by atoms with Gasteiger partial charge in [0.2, 0.25) is 6.41 Å². The van der Waals surface area contributed by atoms with Crippen LogP contribution in [0.1, 0.15) is 69.7 Å². The van der Waals surface area contributed by atoms with E-state index in [0.717, 1.165) is 24.8 Å². The van der Waals surface area contributed by atoms with Gasteiger partial charge in [-0.15, -0.1) is 5.10 Å². The van der Waals surface area contributed by atoms with E-state index >= 15 is 0 Å². The van der Waals surface area contributed by atoms with Crippen molar-refractivity contribution in [3.05, 3.63) is 137 Å². The number of aliphatic hydroxyl groups is 2. The lowest BCUT2D eigenvalue weighted by Gasteiger charge is -2.28. The fraction of sp³-hybridized carbons (Fsp3) is 0.317. The molecule has 4 aromatic rings. The van der Waals surface area contributed by atoms with Crippen molar-refractivity contribution in [1.29, 1.82) is 0 Å². The number of para-hydroxylation sites is 1. The molecule has 0 fully saturated rings. The standard InChI is InChI=1S/C41H47N5O4/c1-30(2)14-13-15-31(3)23-25-45-39-22-21-35(46(29-48)34-19-9-6-10-20-34)26-37(39)41(50,40(45)49)32(4)16-11-12-24-44-27-38(42-43-44)36(28-47)33-17-7-5-8-18-33/h5-11,14,16-23,26-27,29,32,36,47,50H,12-13,15,24-25,28H2,1-4H3/b16-11+,31-23+/t32-,36?,41+/m1/s1. The number of carbonyl (C=O) groups excluding carboxylic acids is 2. The van der Waals surface area contributed by atoms with Gasteiger partial charge in [0, 0.05) is 42.1 Å². The Balaban J connectivity index is 1.37. The first kappa shape index (κ1) is 36.2. The van der Waals surface area contributed by atoms with E-state index in [9.17, 15) is 19.8 Å². The molecule has 2 heterocycles. The van der Waals surface area contributed by atoms with Crippen molar-refractivity contribution in [3.63, 3.8) is 0 Å². The summed E-state index contributed by atoms with van der Waals surface area (Å²) in [6, 6.07) is 24.4. The Labute approximate surface area is 294 Å². The zero-order valence-electron chi connectivity index (χ0n) is 29.3. The third-order valence-electron chi connectivity index (χ3n) is 9.29. The van der Waals surface area contributed by atoms with E-state index in [0.29, 0.717) is 47.8 Å². The molecular weight excluding hydrogens is 626 g/mol. The van der Waals surface area contributed by atoms with E-state index in [1.54, 1.807) is 15.6 Å². The molecule has 9 nitrogen and oxygen atoms in total. The third-order valence-corrected chi connectivity index (χ3v) is 9.29. The fourth-order valence-corrected chi connectivity index (χ4v) is 6.35. The number of rotatable bonds is 16. The van der Waals surface area contributed by atoms with Crippen molar-refractivity contribution in [1.82, 2.24) is 15.0 Å². The van der Waals surface area contributed by atoms with Gasteiger partial charge in [0.05, 0.1) is 23.9 Å². The van der Waals surface area contributed by atoms with Gasteiger partial charge in [-0.1, -0.05) is 96.1 Å². The van der Waals surface area contributed by atoms with Crippen LogP contribution in [0, 0.1) is 5.92 Å². The summed E-state index contributed by atoms with van der Waals surface area (Å²) in [5.41, 5.74) is 4.58. The molecule has 9 heteroatoms. The van der Waals surface area contributed by atoms with Crippen LogP contribution in [0.4, 0.5) is 17.1 Å². The normalized spacial score (nSPS) is 17.1. The van der Waals surface area contributed by atoms with Crippen molar-refractivity contribution in [2.45, 2.75) is 65.0 Å². The highest BCUT2D eigenvalue weighted by Gasteiger charge is 2.52. The van der Waals surface area contributed by atoms with E-state index in [-0.39, 0.29) is 12.5 Å². The first-order valence-electron chi connectivity index (χ1n) is 17.2. The average Bonchev–Trinajstić information content (AvgIpc) is 3.67. The second-order valence-electron chi connectivity index (χ2n) is 13.1. The van der Waals surface area contributed by atoms with Crippen molar-refractivity contribution in [3.8, 4) is 0 Å². The molecule has 2 amide bonds. The number of allylic oxidation sites excluding steroid dienone is 4. The van der Waals surface area contributed by atoms with Gasteiger partial charge < -0.3 is 15.1 Å². The molecule has 50 heavy (non-hydrogen) atoms. The molecule has 0 radical (unpaired) electrons. The van der Waals surface area contributed by atoms with Crippen molar-refractivity contribution in [2.75, 3.05) is 23.0 Å². The lowest BCUT2D eigenvalue weighted by Crippen LogP contribution is -2.44. The second kappa shape index (κ2) is 16.5. The number of anilines is 3. The van der Waals surface area contributed by atoms with Gasteiger partial charge in [0.15, 0.2) is 5.60 Å². The maximum absolute atomic E-state index is 14.2. The smallest absolute Gasteiger partial charge is 0.264 e. The molecule has 3 atom stereocenters. The summed E-state index contributed by atoms with van der Waals surface area (Å²) in [7, 11) is 0. The monoisotopic (exact) mass is 673 g/mol. The van der Waals surface area contributed by atoms with Crippen LogP contribution in [0.15, 0.2) is 121 Å². The predicted octanol–water partition coefficient (Wildman–Crippen LogP) is 7.21. The molecule has 0 saturated carbocycles. The quantitative estimate of drug-likeness (QED) is 0.0961. The summed E-state index contributed by atoms with van der Waals surface area (Å²) in [5, 5.41) is 30.9. The van der Waals surface area contributed by atoms with Crippen LogP contribution >= 0.6 is 0 Å². The number of hydrogen-bond acceptors (Lipinski definition) is 6. The third kappa shape index (κ3) is 8.01. The molecule has 5 rings (SSSR count). The molecule has 0 bridgehead atoms. The zero-order chi connectivity index (χ0) is 35.7. The van der Waals surface area contributed by atoms with Crippen molar-refractivity contribution >= 4 is 29.4 Å². The molecule has 0 aliphatic carbocycles. The fourth-order valence-electron chi connectivity index (χ4n) is 6.35. The number of benzene rings is 3. The topological polar surface area (TPSA) is 112 Å². The van der Waals surface area contributed by atoms with Crippen LogP contribution in [-0.2, 0) is 21.7 Å². The molecule has 1 unspecified atom stereocenters. The predicted molar refractivity (Wildman–Crippen MR) is 198 cm³/mol. The van der Waals surface area contributed by atoms with Gasteiger partial charge in [-0.25, -0.2) is 0 Å². The molecule has 1 aliphatic rings. The van der Waals surface area contributed by atoms with Crippen LogP contribution in [0.5, 0.6) is 0 Å². The number of aromatic nitrogens is 3. The van der Waals surface area contributed by atoms with E-state index in [2.05, 4.69) is 37.2 Å². The van der Waals surface area contributed by atoms with Crippen LogP contribution in [0.2, 0.25) is 0 Å². The van der Waals surface area contributed by atoms with Gasteiger partial charge in [-0.3, -0.25) is 19.2 Å². The number of nitrogens with zero attached hydrogens (tertiary/aromatic N) is 5. The van der Waals surface area contributed by atoms with Crippen molar-refractivity contribution < 1.29 is 19.8 Å². The van der Waals surface area contributed by atoms with Crippen LogP contribution < -0.4 is 9.80 Å². The zero-order valence-corrected chi connectivity index (χ0v) is 29.3. The highest BCUT2D eigenvalue weighted by atomic mass is 16.3. The Morgan fingerprint density at radius 1 is 0.960 bits per heavy atom. The lowest BCUT2D eigenvalue weighted by molar-refractivity contribution is -0.139. The molecule has 1 aliphatic heterocycles. The number of hydrogen-bond donors (Lipinski definition) is 2. The summed E-state index contributed by atoms with van der Waals surface area (Å²) in [6.07, 6.45) is 13.0. The Morgan fingerprint density at radius 2 is 1.68 bits per heavy atom. The Bertz CT molecular complexity index is 1840. The van der Waals surface area contributed by atoms with Gasteiger partial charge in [0.1, 0.15) is 0 Å². The number of amides is 2. The van der Waals surface area contributed by atoms with E-state index in [4.69, 9.17) is 0 Å². The first-order valence-corrected chi connectivity index (χ1v) is 17.2. The highest BCUT2D eigenvalue weighted by Crippen LogP contribution is 2.47. The lowest BCUT2D eigenvalue weighted by atomic mass is 9.82. The molecule has 1 aromatic heterocycles. The average molecular weight is 674 g/mol. The molecule has 260 valence electrons. The summed E-state index contributed by atoms with van der Waals surface area (Å²) in [4.78, 5) is 29.6. The SMILES string of the molecule is CC(C)=CCC/C(C)=C/CN1C(=O)[C@](O)([C@H](C)/C=C/CCn2cc(C(CO)c3ccccc3)nn2)c2cc(N(C=O)c3ccccc3)ccc21. The minimum atomic E-state index is -1.85. The molecule has 3 aromatic carbocycles. The molecule has 0 spiro atoms. The maximum Gasteiger partial charge on any atom is 0.264 e. The van der Waals surface area contributed by atoms with Gasteiger partial charge >= 0.3 is 0 Å². The first-order chi connectivity index (χ1) is 24.2. The summed E-state index contributed by atoms with van der Waals surface area (Å²) >= 11 is 0. The Kier molecular flexibility index (Phi) is 12.0. The van der Waals surface area contributed by atoms with Crippen LogP contribution in [0.25, 0.3) is 0 Å². The maximum atomic E-state index is 14.2. The summed E-state index contributed by atoms with van der Waals surface area (Å²) in [5.74, 6) is -1.24. The number of carbonyl (C=O) groups is 2. The van der Waals surface area contributed by atoms with E-state index in [1.165, 1.54) is 16.0 Å². The van der Waals surface area contributed by atoms with E-state index < -0.39 is 17.4 Å². The van der Waals surface area contributed by atoms with Gasteiger partial charge in [0.25, 0.3) is 5.91 Å². The number of aryl methyl sites for hydroxylation is 1. The number of aliphatic hydroxyl groups excluding tert-OH is 1. The highest BCUT2D eigenvalue weighted by molar-refractivity contribution is 6.08. The summed E-state index contributed by atoms with van der Waals surface area (Å²) in [6.45, 7) is 8.84. The van der Waals surface area contributed by atoms with E-state index in [1.807, 2.05) is 104 Å². The van der Waals surface area contributed by atoms with Gasteiger partial charge in [-0.2, -0.15) is 0 Å².